The molecular weight excluding hydrogens is 741 g/mol. The van der Waals surface area contributed by atoms with Gasteiger partial charge < -0.3 is 39.3 Å². The fourth-order valence-electron chi connectivity index (χ4n) is 5.92. The van der Waals surface area contributed by atoms with Crippen molar-refractivity contribution in [1.82, 2.24) is 50.3 Å². The molecule has 2 aromatic carbocycles. The van der Waals surface area contributed by atoms with Crippen molar-refractivity contribution in [1.29, 1.82) is 0 Å². The summed E-state index contributed by atoms with van der Waals surface area (Å²) >= 11 is 1.58. The fourth-order valence-corrected chi connectivity index (χ4v) is 7.86. The maximum absolute atomic E-state index is 12.9. The summed E-state index contributed by atoms with van der Waals surface area (Å²) in [6, 6.07) is 11.5. The van der Waals surface area contributed by atoms with E-state index in [0.717, 1.165) is 95.9 Å². The van der Waals surface area contributed by atoms with Crippen molar-refractivity contribution < 1.29 is 23.2 Å². The summed E-state index contributed by atoms with van der Waals surface area (Å²) in [6.45, 7) is 6.49. The molecule has 8 rings (SSSR count). The number of thioether (sulfide) groups is 1. The van der Waals surface area contributed by atoms with Gasteiger partial charge in [-0.2, -0.15) is 0 Å². The molecule has 1 unspecified atom stereocenters. The van der Waals surface area contributed by atoms with Gasteiger partial charge in [0.15, 0.2) is 5.16 Å². The number of aromatic nitrogens is 10. The molecule has 6 heterocycles. The third kappa shape index (κ3) is 8.80. The number of hydrogen-bond donors (Lipinski definition) is 4. The predicted molar refractivity (Wildman–Crippen MR) is 213 cm³/mol. The lowest BCUT2D eigenvalue weighted by molar-refractivity contribution is 0.171. The van der Waals surface area contributed by atoms with Crippen LogP contribution in [0.5, 0.6) is 11.5 Å². The SMILES string of the molecule is COCCCOc1ccnc(CS(=O)c2nc3ccc4[nH][nH]cc4c3n2)c1C.COCCCOc1ccnc(CSc2nc3ccc4[nH][nH]cc4c3n2)c1C. The van der Waals surface area contributed by atoms with Crippen LogP contribution in [0.3, 0.4) is 0 Å². The first-order chi connectivity index (χ1) is 26.9. The molecule has 6 aromatic heterocycles. The Labute approximate surface area is 323 Å². The normalized spacial score (nSPS) is 12.1. The van der Waals surface area contributed by atoms with E-state index in [0.29, 0.717) is 37.3 Å². The average molecular weight is 783 g/mol. The van der Waals surface area contributed by atoms with Crippen LogP contribution >= 0.6 is 11.8 Å². The molecule has 0 aliphatic rings. The first-order valence-electron chi connectivity index (χ1n) is 17.7. The molecule has 0 aliphatic carbocycles. The molecule has 4 N–H and O–H groups in total. The maximum atomic E-state index is 12.9. The minimum atomic E-state index is -1.41. The quantitative estimate of drug-likeness (QED) is 0.0598. The largest absolute Gasteiger partial charge is 0.493 e. The number of nitrogens with one attached hydrogen (secondary N) is 4. The molecule has 17 heteroatoms. The Hall–Kier alpha value is -5.36. The molecule has 0 saturated heterocycles. The predicted octanol–water partition coefficient (Wildman–Crippen LogP) is 6.72. The third-order valence-electron chi connectivity index (χ3n) is 8.91. The smallest absolute Gasteiger partial charge is 0.220 e. The molecule has 0 spiro atoms. The number of H-pyrrole nitrogens is 4. The summed E-state index contributed by atoms with van der Waals surface area (Å²) in [5.41, 5.74) is 8.87. The monoisotopic (exact) mass is 782 g/mol. The van der Waals surface area contributed by atoms with Crippen LogP contribution < -0.4 is 9.47 Å². The minimum absolute atomic E-state index is 0.236. The molecular formula is C38H42N10O5S2. The number of methoxy groups -OCH3 is 2. The Balaban J connectivity index is 0.000000169. The molecule has 286 valence electrons. The molecule has 55 heavy (non-hydrogen) atoms. The van der Waals surface area contributed by atoms with Gasteiger partial charge in [-0.15, -0.1) is 0 Å². The average Bonchev–Trinajstić information content (AvgIpc) is 4.02. The highest BCUT2D eigenvalue weighted by molar-refractivity contribution is 7.98. The maximum Gasteiger partial charge on any atom is 0.220 e. The van der Waals surface area contributed by atoms with Gasteiger partial charge in [0.05, 0.1) is 63.2 Å². The van der Waals surface area contributed by atoms with Crippen molar-refractivity contribution in [2.45, 2.75) is 48.5 Å². The van der Waals surface area contributed by atoms with E-state index in [1.807, 2.05) is 62.6 Å². The number of ether oxygens (including phenoxy) is 4. The number of imidazole rings is 2. The van der Waals surface area contributed by atoms with Crippen molar-refractivity contribution in [3.8, 4) is 11.5 Å². The highest BCUT2D eigenvalue weighted by Crippen LogP contribution is 2.30. The highest BCUT2D eigenvalue weighted by atomic mass is 32.2. The van der Waals surface area contributed by atoms with Gasteiger partial charge in [-0.25, -0.2) is 19.9 Å². The van der Waals surface area contributed by atoms with Crippen molar-refractivity contribution in [3.05, 3.63) is 83.7 Å². The lowest BCUT2D eigenvalue weighted by Crippen LogP contribution is -2.06. The van der Waals surface area contributed by atoms with Gasteiger partial charge in [-0.1, -0.05) is 11.8 Å². The van der Waals surface area contributed by atoms with E-state index < -0.39 is 10.8 Å². The van der Waals surface area contributed by atoms with Crippen LogP contribution in [-0.4, -0.2) is 95.2 Å². The summed E-state index contributed by atoms with van der Waals surface area (Å²) in [4.78, 5) is 27.2. The number of fused-ring (bicyclic) bond motifs is 6. The molecule has 8 aromatic rings. The zero-order valence-corrected chi connectivity index (χ0v) is 32.6. The zero-order valence-electron chi connectivity index (χ0n) is 31.0. The van der Waals surface area contributed by atoms with Crippen LogP contribution in [0.25, 0.3) is 43.9 Å². The van der Waals surface area contributed by atoms with Crippen LogP contribution in [0.1, 0.15) is 35.4 Å². The number of pyridine rings is 2. The molecule has 15 nitrogen and oxygen atoms in total. The molecule has 0 saturated carbocycles. The zero-order chi connectivity index (χ0) is 38.1. The van der Waals surface area contributed by atoms with Gasteiger partial charge in [-0.3, -0.25) is 14.2 Å². The standard InChI is InChI=1S/C19H21N5O3S.C19H21N5O2S/c1-12-16(20-7-6-17(12)27-9-3-8-26-2)11-28(25)19-22-15-5-4-14-13(10-21-24-14)18(15)23-19;1-12-16(20-7-6-17(12)26-9-3-8-25-2)11-27-19-22-15-5-4-14-13(10-21-24-14)18(15)23-19/h4-7,10,21,24H,3,8-9,11H2,1-2H3;4-7,10,21,24H,3,8-9,11H2,1-2H3. The van der Waals surface area contributed by atoms with Crippen LogP contribution in [0.2, 0.25) is 0 Å². The Morgan fingerprint density at radius 1 is 0.673 bits per heavy atom. The summed E-state index contributed by atoms with van der Waals surface area (Å²) in [5.74, 6) is 2.55. The van der Waals surface area contributed by atoms with Crippen molar-refractivity contribution >= 4 is 66.4 Å². The van der Waals surface area contributed by atoms with Gasteiger partial charge in [0.1, 0.15) is 22.5 Å². The Morgan fingerprint density at radius 3 is 1.85 bits per heavy atom. The number of nitrogens with zero attached hydrogens (tertiary/aromatic N) is 6. The van der Waals surface area contributed by atoms with Gasteiger partial charge in [0.25, 0.3) is 0 Å². The van der Waals surface area contributed by atoms with Gasteiger partial charge in [0.2, 0.25) is 5.16 Å². The first kappa shape index (κ1) is 37.9. The van der Waals surface area contributed by atoms with Crippen LogP contribution in [0.15, 0.2) is 71.5 Å². The Morgan fingerprint density at radius 2 is 1.24 bits per heavy atom. The van der Waals surface area contributed by atoms with Crippen molar-refractivity contribution in [2.75, 3.05) is 40.6 Å². The Kier molecular flexibility index (Phi) is 12.3. The highest BCUT2D eigenvalue weighted by Gasteiger charge is 2.18. The molecule has 0 aliphatic heterocycles. The molecule has 0 bridgehead atoms. The van der Waals surface area contributed by atoms with E-state index in [1.165, 1.54) is 0 Å². The number of rotatable bonds is 16. The second kappa shape index (κ2) is 17.9. The lowest BCUT2D eigenvalue weighted by Gasteiger charge is -2.11. The van der Waals surface area contributed by atoms with E-state index in [9.17, 15) is 4.21 Å². The lowest BCUT2D eigenvalue weighted by atomic mass is 10.2. The molecule has 1 atom stereocenters. The van der Waals surface area contributed by atoms with Crippen LogP contribution in [-0.2, 0) is 31.8 Å². The van der Waals surface area contributed by atoms with E-state index in [2.05, 4.69) is 50.3 Å². The van der Waals surface area contributed by atoms with Crippen molar-refractivity contribution in [3.63, 3.8) is 0 Å². The second-order valence-corrected chi connectivity index (χ2v) is 14.8. The number of aromatic amines is 4. The minimum Gasteiger partial charge on any atom is -0.493 e. The van der Waals surface area contributed by atoms with E-state index in [4.69, 9.17) is 18.9 Å². The summed E-state index contributed by atoms with van der Waals surface area (Å²) in [6.07, 6.45) is 8.87. The van der Waals surface area contributed by atoms with Gasteiger partial charge >= 0.3 is 0 Å². The van der Waals surface area contributed by atoms with E-state index in [1.54, 1.807) is 38.4 Å². The summed E-state index contributed by atoms with van der Waals surface area (Å²) < 4.78 is 34.6. The van der Waals surface area contributed by atoms with Gasteiger partial charge in [-0.05, 0) is 50.2 Å². The van der Waals surface area contributed by atoms with Crippen LogP contribution in [0, 0.1) is 13.8 Å². The van der Waals surface area contributed by atoms with E-state index >= 15 is 0 Å². The second-order valence-electron chi connectivity index (χ2n) is 12.6. The number of benzene rings is 2. The van der Waals surface area contributed by atoms with Crippen LogP contribution in [0.4, 0.5) is 0 Å². The number of hydrogen-bond acceptors (Lipinski definition) is 12. The molecule has 0 amide bonds. The topological polar surface area (TPSA) is 194 Å². The molecule has 0 radical (unpaired) electrons. The Bertz CT molecular complexity index is 2550. The fraction of sp³-hybridized carbons (Fsp3) is 0.316. The third-order valence-corrected chi connectivity index (χ3v) is 10.9. The van der Waals surface area contributed by atoms with Gasteiger partial charge in [0, 0.05) is 92.7 Å². The molecule has 0 fully saturated rings. The van der Waals surface area contributed by atoms with E-state index in [-0.39, 0.29) is 5.75 Å². The summed E-state index contributed by atoms with van der Waals surface area (Å²) in [5, 5.41) is 15.1. The summed E-state index contributed by atoms with van der Waals surface area (Å²) in [7, 11) is 1.96. The first-order valence-corrected chi connectivity index (χ1v) is 20.0. The van der Waals surface area contributed by atoms with Crippen molar-refractivity contribution in [2.24, 2.45) is 0 Å².